The van der Waals surface area contributed by atoms with Gasteiger partial charge in [-0.3, -0.25) is 0 Å². The Bertz CT molecular complexity index is 79.3. The molecule has 2 heteroatoms. The van der Waals surface area contributed by atoms with Crippen molar-refractivity contribution in [3.8, 4) is 0 Å². The van der Waals surface area contributed by atoms with Crippen LogP contribution >= 0.6 is 0 Å². The quantitative estimate of drug-likeness (QED) is 0.227. The number of hydrogen-bond acceptors (Lipinski definition) is 0. The normalized spacial score (nSPS) is 8.00. The molecule has 10 heavy (non-hydrogen) atoms. The number of rotatable bonds is 4. The van der Waals surface area contributed by atoms with Crippen molar-refractivity contribution in [3.63, 3.8) is 0 Å². The standard InChI is InChI=1S/C8H13.ClH.Mg/c1-3-5-7-8-6-4-2;;/h3-5H,1-2,6-8H2;1H;/q-1;;+2/p-1/b5-3+;;. The minimum Gasteiger partial charge on any atom is -1.00 e. The van der Waals surface area contributed by atoms with Crippen molar-refractivity contribution < 1.29 is 12.4 Å². The molecule has 0 nitrogen and oxygen atoms in total. The first-order chi connectivity index (χ1) is 3.91. The Morgan fingerprint density at radius 3 is 2.30 bits per heavy atom. The van der Waals surface area contributed by atoms with E-state index in [1.54, 1.807) is 0 Å². The van der Waals surface area contributed by atoms with Gasteiger partial charge in [0, 0.05) is 0 Å². The van der Waals surface area contributed by atoms with E-state index in [9.17, 15) is 0 Å². The summed E-state index contributed by atoms with van der Waals surface area (Å²) in [6.07, 6.45) is 9.30. The molecule has 54 valence electrons. The molecule has 0 aromatic rings. The fraction of sp³-hybridized carbons (Fsp3) is 0.375. The van der Waals surface area contributed by atoms with Gasteiger partial charge in [0.1, 0.15) is 0 Å². The van der Waals surface area contributed by atoms with Gasteiger partial charge in [-0.2, -0.15) is 0 Å². The SMILES string of the molecule is C=CCCC/C=C/[CH2-].[Cl-].[Mg+2]. The Hall–Kier alpha value is 0.406. The number of unbranched alkanes of at least 4 members (excludes halogenated alkanes) is 2. The summed E-state index contributed by atoms with van der Waals surface area (Å²) in [5, 5.41) is 0. The zero-order valence-corrected chi connectivity index (χ0v) is 8.52. The van der Waals surface area contributed by atoms with Crippen molar-refractivity contribution in [2.24, 2.45) is 0 Å². The summed E-state index contributed by atoms with van der Waals surface area (Å²) >= 11 is 0. The molecule has 0 aromatic heterocycles. The molecule has 0 aliphatic carbocycles. The number of halogens is 1. The minimum absolute atomic E-state index is 0. The molecule has 0 aliphatic rings. The molecular weight excluding hydrogens is 156 g/mol. The molecule has 0 rings (SSSR count). The van der Waals surface area contributed by atoms with Gasteiger partial charge in [-0.25, -0.2) is 19.1 Å². The van der Waals surface area contributed by atoms with Gasteiger partial charge in [0.2, 0.25) is 0 Å². The Morgan fingerprint density at radius 2 is 1.90 bits per heavy atom. The van der Waals surface area contributed by atoms with Crippen molar-refractivity contribution in [3.05, 3.63) is 31.7 Å². The Morgan fingerprint density at radius 1 is 1.30 bits per heavy atom. The molecule has 0 saturated carbocycles. The van der Waals surface area contributed by atoms with Gasteiger partial charge in [0.15, 0.2) is 0 Å². The van der Waals surface area contributed by atoms with Crippen LogP contribution in [0.4, 0.5) is 0 Å². The summed E-state index contributed by atoms with van der Waals surface area (Å²) in [5.74, 6) is 0. The molecule has 0 aromatic carbocycles. The molecule has 0 bridgehead atoms. The second kappa shape index (κ2) is 16.2. The summed E-state index contributed by atoms with van der Waals surface area (Å²) in [4.78, 5) is 0. The van der Waals surface area contributed by atoms with Crippen molar-refractivity contribution in [1.82, 2.24) is 0 Å². The van der Waals surface area contributed by atoms with Crippen LogP contribution in [0.25, 0.3) is 0 Å². The van der Waals surface area contributed by atoms with Crippen LogP contribution in [0.3, 0.4) is 0 Å². The third kappa shape index (κ3) is 15.8. The van der Waals surface area contributed by atoms with Crippen molar-refractivity contribution >= 4 is 23.1 Å². The summed E-state index contributed by atoms with van der Waals surface area (Å²) in [6, 6.07) is 0. The monoisotopic (exact) mass is 168 g/mol. The van der Waals surface area contributed by atoms with Gasteiger partial charge in [-0.05, 0) is 6.42 Å². The van der Waals surface area contributed by atoms with Gasteiger partial charge in [-0.15, -0.1) is 13.0 Å². The summed E-state index contributed by atoms with van der Waals surface area (Å²) in [6.45, 7) is 7.20. The van der Waals surface area contributed by atoms with Crippen LogP contribution in [0, 0.1) is 6.92 Å². The van der Waals surface area contributed by atoms with Gasteiger partial charge in [0.25, 0.3) is 0 Å². The van der Waals surface area contributed by atoms with Crippen LogP contribution in [0.2, 0.25) is 0 Å². The van der Waals surface area contributed by atoms with E-state index in [1.807, 2.05) is 12.2 Å². The average Bonchev–Trinajstić information content (AvgIpc) is 1.81. The predicted molar refractivity (Wildman–Crippen MR) is 44.3 cm³/mol. The smallest absolute Gasteiger partial charge is 1.00 e. The van der Waals surface area contributed by atoms with Crippen molar-refractivity contribution in [2.45, 2.75) is 19.3 Å². The molecule has 0 fully saturated rings. The summed E-state index contributed by atoms with van der Waals surface area (Å²) in [7, 11) is 0. The molecule has 0 N–H and O–H groups in total. The van der Waals surface area contributed by atoms with E-state index in [1.165, 1.54) is 6.42 Å². The molecule has 0 saturated heterocycles. The largest absolute Gasteiger partial charge is 2.00 e. The van der Waals surface area contributed by atoms with E-state index in [0.717, 1.165) is 12.8 Å². The Labute approximate surface area is 86.3 Å². The fourth-order valence-corrected chi connectivity index (χ4v) is 0.498. The molecule has 0 atom stereocenters. The molecule has 0 spiro atoms. The van der Waals surface area contributed by atoms with E-state index in [0.29, 0.717) is 0 Å². The third-order valence-corrected chi connectivity index (χ3v) is 0.946. The van der Waals surface area contributed by atoms with Crippen LogP contribution in [0.1, 0.15) is 19.3 Å². The number of allylic oxidation sites excluding steroid dienone is 3. The summed E-state index contributed by atoms with van der Waals surface area (Å²) in [5.41, 5.74) is 0. The number of hydrogen-bond donors (Lipinski definition) is 0. The molecule has 0 heterocycles. The van der Waals surface area contributed by atoms with E-state index < -0.39 is 0 Å². The van der Waals surface area contributed by atoms with Gasteiger partial charge in [-0.1, -0.05) is 12.5 Å². The predicted octanol–water partition coefficient (Wildman–Crippen LogP) is -0.644. The van der Waals surface area contributed by atoms with E-state index >= 15 is 0 Å². The Balaban J connectivity index is -0.000000245. The van der Waals surface area contributed by atoms with Crippen LogP contribution in [-0.4, -0.2) is 23.1 Å². The van der Waals surface area contributed by atoms with Crippen LogP contribution in [0.15, 0.2) is 24.8 Å². The third-order valence-electron chi connectivity index (χ3n) is 0.946. The van der Waals surface area contributed by atoms with Crippen LogP contribution in [-0.2, 0) is 0 Å². The molecule has 0 aliphatic heterocycles. The van der Waals surface area contributed by atoms with Crippen LogP contribution in [0.5, 0.6) is 0 Å². The first-order valence-electron chi connectivity index (χ1n) is 2.97. The van der Waals surface area contributed by atoms with Crippen molar-refractivity contribution in [1.29, 1.82) is 0 Å². The van der Waals surface area contributed by atoms with Gasteiger partial charge in [0.05, 0.1) is 0 Å². The van der Waals surface area contributed by atoms with Gasteiger partial charge >= 0.3 is 23.1 Å². The zero-order chi connectivity index (χ0) is 6.24. The first-order valence-corrected chi connectivity index (χ1v) is 2.97. The first kappa shape index (κ1) is 16.8. The van der Waals surface area contributed by atoms with E-state index in [2.05, 4.69) is 19.6 Å². The topological polar surface area (TPSA) is 0 Å². The maximum atomic E-state index is 3.62. The van der Waals surface area contributed by atoms with Crippen LogP contribution < -0.4 is 12.4 Å². The second-order valence-corrected chi connectivity index (χ2v) is 1.69. The maximum Gasteiger partial charge on any atom is 2.00 e. The molecule has 0 radical (unpaired) electrons. The minimum atomic E-state index is 0. The Kier molecular flexibility index (Phi) is 27.2. The molecular formula is C8H13ClMg. The second-order valence-electron chi connectivity index (χ2n) is 1.69. The zero-order valence-electron chi connectivity index (χ0n) is 6.35. The average molecular weight is 169 g/mol. The van der Waals surface area contributed by atoms with E-state index in [-0.39, 0.29) is 35.5 Å². The fourth-order valence-electron chi connectivity index (χ4n) is 0.498. The maximum absolute atomic E-state index is 3.62. The van der Waals surface area contributed by atoms with Crippen molar-refractivity contribution in [2.75, 3.05) is 0 Å². The summed E-state index contributed by atoms with van der Waals surface area (Å²) < 4.78 is 0. The van der Waals surface area contributed by atoms with Gasteiger partial charge < -0.3 is 12.4 Å². The van der Waals surface area contributed by atoms with E-state index in [4.69, 9.17) is 0 Å². The molecule has 0 amide bonds. The molecule has 0 unspecified atom stereocenters.